The summed E-state index contributed by atoms with van der Waals surface area (Å²) in [5, 5.41) is 11.8. The summed E-state index contributed by atoms with van der Waals surface area (Å²) in [6.07, 6.45) is 6.30. The molecule has 1 aromatic rings. The zero-order chi connectivity index (χ0) is 11.9. The van der Waals surface area contributed by atoms with Crippen LogP contribution in [0.3, 0.4) is 0 Å². The normalized spacial score (nSPS) is 27.5. The minimum Gasteiger partial charge on any atom is -0.424 e. The SMILES string of the molecule is CC1(C)CCCC1c1nnc(CNC2CC2)o1. The van der Waals surface area contributed by atoms with E-state index < -0.39 is 0 Å². The Bertz CT molecular complexity index is 395. The molecule has 0 saturated heterocycles. The first-order valence-electron chi connectivity index (χ1n) is 6.71. The van der Waals surface area contributed by atoms with E-state index in [4.69, 9.17) is 4.42 Å². The molecular formula is C13H21N3O. The van der Waals surface area contributed by atoms with Crippen molar-refractivity contribution in [2.24, 2.45) is 5.41 Å². The molecule has 0 amide bonds. The minimum atomic E-state index is 0.313. The Kier molecular flexibility index (Phi) is 2.69. The molecular weight excluding hydrogens is 214 g/mol. The van der Waals surface area contributed by atoms with Crippen LogP contribution in [0, 0.1) is 5.41 Å². The third-order valence-electron chi connectivity index (χ3n) is 4.16. The van der Waals surface area contributed by atoms with E-state index in [1.54, 1.807) is 0 Å². The summed E-state index contributed by atoms with van der Waals surface area (Å²) >= 11 is 0. The highest BCUT2D eigenvalue weighted by atomic mass is 16.4. The maximum atomic E-state index is 5.80. The van der Waals surface area contributed by atoms with Gasteiger partial charge in [0.15, 0.2) is 0 Å². The number of rotatable bonds is 4. The van der Waals surface area contributed by atoms with Gasteiger partial charge in [0.25, 0.3) is 0 Å². The molecule has 4 heteroatoms. The van der Waals surface area contributed by atoms with Crippen LogP contribution in [0.1, 0.15) is 63.7 Å². The van der Waals surface area contributed by atoms with E-state index in [0.29, 0.717) is 17.4 Å². The summed E-state index contributed by atoms with van der Waals surface area (Å²) < 4.78 is 5.80. The standard InChI is InChI=1S/C13H21N3O/c1-13(2)7-3-4-10(13)12-16-15-11(17-12)8-14-9-5-6-9/h9-10,14H,3-8H2,1-2H3. The number of nitrogens with zero attached hydrogens (tertiary/aromatic N) is 2. The van der Waals surface area contributed by atoms with Crippen LogP contribution in [0.4, 0.5) is 0 Å². The summed E-state index contributed by atoms with van der Waals surface area (Å²) in [5.74, 6) is 2.04. The van der Waals surface area contributed by atoms with Crippen LogP contribution in [0.5, 0.6) is 0 Å². The Morgan fingerprint density at radius 3 is 2.76 bits per heavy atom. The van der Waals surface area contributed by atoms with Crippen molar-refractivity contribution >= 4 is 0 Å². The van der Waals surface area contributed by atoms with Crippen molar-refractivity contribution in [2.45, 2.75) is 64.5 Å². The van der Waals surface area contributed by atoms with Crippen molar-refractivity contribution in [1.29, 1.82) is 0 Å². The predicted molar refractivity (Wildman–Crippen MR) is 64.5 cm³/mol. The van der Waals surface area contributed by atoms with Crippen LogP contribution in [0.25, 0.3) is 0 Å². The van der Waals surface area contributed by atoms with Crippen molar-refractivity contribution in [3.63, 3.8) is 0 Å². The van der Waals surface area contributed by atoms with Gasteiger partial charge in [0.2, 0.25) is 11.8 Å². The number of hydrogen-bond acceptors (Lipinski definition) is 4. The molecule has 1 N–H and O–H groups in total. The Morgan fingerprint density at radius 1 is 1.29 bits per heavy atom. The molecule has 0 radical (unpaired) electrons. The fourth-order valence-corrected chi connectivity index (χ4v) is 2.78. The van der Waals surface area contributed by atoms with Crippen molar-refractivity contribution < 1.29 is 4.42 Å². The first-order valence-corrected chi connectivity index (χ1v) is 6.71. The molecule has 4 nitrogen and oxygen atoms in total. The van der Waals surface area contributed by atoms with Gasteiger partial charge in [0.05, 0.1) is 6.54 Å². The van der Waals surface area contributed by atoms with Crippen LogP contribution < -0.4 is 5.32 Å². The third kappa shape index (κ3) is 2.37. The fraction of sp³-hybridized carbons (Fsp3) is 0.846. The summed E-state index contributed by atoms with van der Waals surface area (Å²) in [4.78, 5) is 0. The van der Waals surface area contributed by atoms with E-state index in [0.717, 1.165) is 18.3 Å². The second kappa shape index (κ2) is 4.09. The highest BCUT2D eigenvalue weighted by molar-refractivity contribution is 5.02. The number of nitrogens with one attached hydrogen (secondary N) is 1. The van der Waals surface area contributed by atoms with Crippen molar-refractivity contribution in [2.75, 3.05) is 0 Å². The molecule has 0 bridgehead atoms. The Balaban J connectivity index is 1.66. The topological polar surface area (TPSA) is 51.0 Å². The second-order valence-corrected chi connectivity index (χ2v) is 6.12. The molecule has 0 aliphatic heterocycles. The molecule has 0 spiro atoms. The van der Waals surface area contributed by atoms with Gasteiger partial charge in [-0.2, -0.15) is 0 Å². The van der Waals surface area contributed by atoms with Gasteiger partial charge >= 0.3 is 0 Å². The lowest BCUT2D eigenvalue weighted by atomic mass is 9.82. The highest BCUT2D eigenvalue weighted by Gasteiger charge is 2.38. The van der Waals surface area contributed by atoms with E-state index >= 15 is 0 Å². The molecule has 2 saturated carbocycles. The average Bonchev–Trinajstić information content (AvgIpc) is 2.88. The van der Waals surface area contributed by atoms with Gasteiger partial charge in [-0.3, -0.25) is 0 Å². The third-order valence-corrected chi connectivity index (χ3v) is 4.16. The summed E-state index contributed by atoms with van der Waals surface area (Å²) in [6, 6.07) is 0.688. The molecule has 1 aromatic heterocycles. The van der Waals surface area contributed by atoms with E-state index in [1.165, 1.54) is 32.1 Å². The molecule has 2 aliphatic carbocycles. The predicted octanol–water partition coefficient (Wildman–Crippen LogP) is 2.62. The monoisotopic (exact) mass is 235 g/mol. The Hall–Kier alpha value is -0.900. The lowest BCUT2D eigenvalue weighted by molar-refractivity contribution is 0.279. The first kappa shape index (κ1) is 11.2. The van der Waals surface area contributed by atoms with Crippen molar-refractivity contribution in [3.8, 4) is 0 Å². The van der Waals surface area contributed by atoms with Gasteiger partial charge in [0, 0.05) is 12.0 Å². The number of hydrogen-bond donors (Lipinski definition) is 1. The van der Waals surface area contributed by atoms with Gasteiger partial charge < -0.3 is 9.73 Å². The van der Waals surface area contributed by atoms with E-state index in [9.17, 15) is 0 Å². The lowest BCUT2D eigenvalue weighted by Gasteiger charge is -2.23. The Labute approximate surface area is 102 Å². The summed E-state index contributed by atoms with van der Waals surface area (Å²) in [5.41, 5.74) is 0.313. The molecule has 2 fully saturated rings. The van der Waals surface area contributed by atoms with Gasteiger partial charge in [-0.15, -0.1) is 10.2 Å². The van der Waals surface area contributed by atoms with E-state index in [2.05, 4.69) is 29.4 Å². The van der Waals surface area contributed by atoms with Crippen LogP contribution in [-0.4, -0.2) is 16.2 Å². The molecule has 1 unspecified atom stereocenters. The van der Waals surface area contributed by atoms with Crippen LogP contribution in [-0.2, 0) is 6.54 Å². The minimum absolute atomic E-state index is 0.313. The van der Waals surface area contributed by atoms with Crippen molar-refractivity contribution in [1.82, 2.24) is 15.5 Å². The zero-order valence-electron chi connectivity index (χ0n) is 10.7. The zero-order valence-corrected chi connectivity index (χ0v) is 10.7. The first-order chi connectivity index (χ1) is 8.15. The van der Waals surface area contributed by atoms with Gasteiger partial charge in [-0.25, -0.2) is 0 Å². The quantitative estimate of drug-likeness (QED) is 0.871. The number of aromatic nitrogens is 2. The highest BCUT2D eigenvalue weighted by Crippen LogP contribution is 2.48. The smallest absolute Gasteiger partial charge is 0.230 e. The molecule has 17 heavy (non-hydrogen) atoms. The van der Waals surface area contributed by atoms with Gasteiger partial charge in [0.1, 0.15) is 0 Å². The molecule has 1 heterocycles. The molecule has 0 aromatic carbocycles. The molecule has 1 atom stereocenters. The largest absolute Gasteiger partial charge is 0.424 e. The van der Waals surface area contributed by atoms with Crippen LogP contribution in [0.15, 0.2) is 4.42 Å². The lowest BCUT2D eigenvalue weighted by Crippen LogP contribution is -2.16. The Morgan fingerprint density at radius 2 is 2.12 bits per heavy atom. The molecule has 94 valence electrons. The summed E-state index contributed by atoms with van der Waals surface area (Å²) in [7, 11) is 0. The van der Waals surface area contributed by atoms with E-state index in [1.807, 2.05) is 0 Å². The van der Waals surface area contributed by atoms with E-state index in [-0.39, 0.29) is 0 Å². The van der Waals surface area contributed by atoms with Crippen molar-refractivity contribution in [3.05, 3.63) is 11.8 Å². The average molecular weight is 235 g/mol. The van der Waals surface area contributed by atoms with Crippen LogP contribution >= 0.6 is 0 Å². The van der Waals surface area contributed by atoms with Gasteiger partial charge in [-0.1, -0.05) is 20.3 Å². The summed E-state index contributed by atoms with van der Waals surface area (Å²) in [6.45, 7) is 5.33. The fourth-order valence-electron chi connectivity index (χ4n) is 2.78. The maximum Gasteiger partial charge on any atom is 0.230 e. The maximum absolute atomic E-state index is 5.80. The second-order valence-electron chi connectivity index (χ2n) is 6.12. The van der Waals surface area contributed by atoms with Crippen LogP contribution in [0.2, 0.25) is 0 Å². The molecule has 3 rings (SSSR count). The molecule has 2 aliphatic rings. The van der Waals surface area contributed by atoms with Gasteiger partial charge in [-0.05, 0) is 31.1 Å².